The van der Waals surface area contributed by atoms with Gasteiger partial charge in [0.05, 0.1) is 0 Å². The number of carboxylic acid groups (broad SMARTS) is 1. The molecule has 5 nitrogen and oxygen atoms in total. The van der Waals surface area contributed by atoms with Crippen molar-refractivity contribution in [2.45, 2.75) is 51.0 Å². The minimum absolute atomic E-state index is 0.217. The number of carbonyl (C=O) groups excluding carboxylic acids is 1. The van der Waals surface area contributed by atoms with Crippen molar-refractivity contribution < 1.29 is 19.4 Å². The number of carboxylic acids is 1. The monoisotopic (exact) mass is 307 g/mol. The fourth-order valence-electron chi connectivity index (χ4n) is 0.957. The minimum Gasteiger partial charge on any atom is -0.480 e. The second-order valence-corrected chi connectivity index (χ2v) is 7.48. The van der Waals surface area contributed by atoms with Crippen LogP contribution >= 0.6 is 24.0 Å². The molecule has 0 heterocycles. The van der Waals surface area contributed by atoms with Crippen LogP contribution in [0.25, 0.3) is 0 Å². The summed E-state index contributed by atoms with van der Waals surface area (Å²) in [7, 11) is 0. The third-order valence-electron chi connectivity index (χ3n) is 1.89. The lowest BCUT2D eigenvalue weighted by molar-refractivity contribution is -0.138. The first kappa shape index (κ1) is 18.2. The third kappa shape index (κ3) is 8.83. The SMILES string of the molecule is CC(C)(C)OC(=O)N[C@@H](CSC(C)(C)C=S)C(=O)O. The van der Waals surface area contributed by atoms with E-state index < -0.39 is 23.7 Å². The average molecular weight is 307 g/mol. The molecule has 0 aliphatic rings. The van der Waals surface area contributed by atoms with Gasteiger partial charge >= 0.3 is 12.1 Å². The van der Waals surface area contributed by atoms with E-state index in [4.69, 9.17) is 22.1 Å². The summed E-state index contributed by atoms with van der Waals surface area (Å²) in [6.07, 6.45) is -0.736. The van der Waals surface area contributed by atoms with Gasteiger partial charge in [-0.15, -0.1) is 11.8 Å². The van der Waals surface area contributed by atoms with Crippen LogP contribution in [0.15, 0.2) is 0 Å². The molecule has 0 aromatic rings. The Balaban J connectivity index is 4.47. The number of nitrogens with one attached hydrogen (secondary N) is 1. The molecular weight excluding hydrogens is 286 g/mol. The van der Waals surface area contributed by atoms with Crippen LogP contribution in [0.4, 0.5) is 4.79 Å². The van der Waals surface area contributed by atoms with E-state index in [0.717, 1.165) is 0 Å². The summed E-state index contributed by atoms with van der Waals surface area (Å²) in [5.74, 6) is -0.882. The third-order valence-corrected chi connectivity index (χ3v) is 4.00. The van der Waals surface area contributed by atoms with Crippen LogP contribution in [-0.2, 0) is 9.53 Å². The molecule has 19 heavy (non-hydrogen) atoms. The molecule has 7 heteroatoms. The van der Waals surface area contributed by atoms with Crippen LogP contribution in [0.2, 0.25) is 0 Å². The Morgan fingerprint density at radius 1 is 1.37 bits per heavy atom. The maximum absolute atomic E-state index is 11.5. The molecule has 2 N–H and O–H groups in total. The zero-order valence-electron chi connectivity index (χ0n) is 11.9. The number of ether oxygens (including phenoxy) is 1. The van der Waals surface area contributed by atoms with E-state index in [2.05, 4.69) is 5.32 Å². The van der Waals surface area contributed by atoms with Crippen LogP contribution in [0, 0.1) is 0 Å². The quantitative estimate of drug-likeness (QED) is 0.734. The van der Waals surface area contributed by atoms with Gasteiger partial charge in [0.2, 0.25) is 0 Å². The number of thiocarbonyl (C=S) groups is 1. The zero-order chi connectivity index (χ0) is 15.3. The lowest BCUT2D eigenvalue weighted by Gasteiger charge is -2.24. The Labute approximate surface area is 123 Å². The first-order chi connectivity index (χ1) is 8.47. The van der Waals surface area contributed by atoms with Crippen molar-refractivity contribution in [2.75, 3.05) is 5.75 Å². The van der Waals surface area contributed by atoms with Gasteiger partial charge in [0.1, 0.15) is 11.6 Å². The van der Waals surface area contributed by atoms with Gasteiger partial charge in [-0.25, -0.2) is 9.59 Å². The molecular formula is C12H21NO4S2. The van der Waals surface area contributed by atoms with E-state index in [-0.39, 0.29) is 10.5 Å². The minimum atomic E-state index is -1.10. The number of aliphatic carboxylic acids is 1. The first-order valence-electron chi connectivity index (χ1n) is 5.79. The van der Waals surface area contributed by atoms with Crippen LogP contribution in [-0.4, -0.2) is 44.7 Å². The Hall–Kier alpha value is -0.820. The number of alkyl carbamates (subject to hydrolysis) is 1. The number of rotatable bonds is 6. The fourth-order valence-corrected chi connectivity index (χ4v) is 2.05. The summed E-state index contributed by atoms with van der Waals surface area (Å²) >= 11 is 6.22. The normalized spacial score (nSPS) is 13.5. The number of thioether (sulfide) groups is 1. The van der Waals surface area contributed by atoms with E-state index in [9.17, 15) is 9.59 Å². The number of amides is 1. The van der Waals surface area contributed by atoms with Gasteiger partial charge in [-0.05, 0) is 40.0 Å². The predicted molar refractivity (Wildman–Crippen MR) is 81.0 cm³/mol. The van der Waals surface area contributed by atoms with Crippen molar-refractivity contribution in [3.8, 4) is 0 Å². The highest BCUT2D eigenvalue weighted by Crippen LogP contribution is 2.23. The van der Waals surface area contributed by atoms with Gasteiger partial charge in [-0.2, -0.15) is 0 Å². The van der Waals surface area contributed by atoms with E-state index in [1.54, 1.807) is 26.1 Å². The lowest BCUT2D eigenvalue weighted by Crippen LogP contribution is -2.45. The molecule has 0 fully saturated rings. The van der Waals surface area contributed by atoms with E-state index >= 15 is 0 Å². The molecule has 0 radical (unpaired) electrons. The molecule has 1 atom stereocenters. The molecule has 0 unspecified atom stereocenters. The lowest BCUT2D eigenvalue weighted by atomic mass is 10.2. The van der Waals surface area contributed by atoms with Gasteiger partial charge < -0.3 is 15.2 Å². The van der Waals surface area contributed by atoms with Gasteiger partial charge in [0.15, 0.2) is 0 Å². The van der Waals surface area contributed by atoms with E-state index in [1.165, 1.54) is 11.8 Å². The topological polar surface area (TPSA) is 75.6 Å². The van der Waals surface area contributed by atoms with Crippen molar-refractivity contribution in [1.29, 1.82) is 0 Å². The van der Waals surface area contributed by atoms with Crippen LogP contribution in [0.1, 0.15) is 34.6 Å². The maximum atomic E-state index is 11.5. The predicted octanol–water partition coefficient (Wildman–Crippen LogP) is 2.48. The molecule has 110 valence electrons. The summed E-state index contributed by atoms with van der Waals surface area (Å²) < 4.78 is 4.70. The Bertz CT molecular complexity index is 350. The highest BCUT2D eigenvalue weighted by atomic mass is 32.2. The smallest absolute Gasteiger partial charge is 0.408 e. The first-order valence-corrected chi connectivity index (χ1v) is 7.25. The second kappa shape index (κ2) is 7.09. The van der Waals surface area contributed by atoms with Crippen molar-refractivity contribution in [3.05, 3.63) is 0 Å². The Kier molecular flexibility index (Phi) is 6.79. The Morgan fingerprint density at radius 2 is 1.89 bits per heavy atom. The summed E-state index contributed by atoms with van der Waals surface area (Å²) in [5, 5.41) is 13.0. The molecule has 0 aliphatic heterocycles. The largest absolute Gasteiger partial charge is 0.480 e. The number of hydrogen-bond acceptors (Lipinski definition) is 5. The van der Waals surface area contributed by atoms with Crippen LogP contribution < -0.4 is 5.32 Å². The summed E-state index contributed by atoms with van der Waals surface area (Å²) in [5.41, 5.74) is -0.659. The molecule has 0 rings (SSSR count). The van der Waals surface area contributed by atoms with Crippen molar-refractivity contribution >= 4 is 41.4 Å². The van der Waals surface area contributed by atoms with Gasteiger partial charge in [-0.1, -0.05) is 12.2 Å². The standard InChI is InChI=1S/C12H21NO4S2/c1-11(2,3)17-10(16)13-8(9(14)15)6-19-12(4,5)7-18/h7-8H,6H2,1-5H3,(H,13,16)(H,14,15)/t8-/m0/s1. The van der Waals surface area contributed by atoms with Crippen molar-refractivity contribution in [2.24, 2.45) is 0 Å². The van der Waals surface area contributed by atoms with Gasteiger partial charge in [-0.3, -0.25) is 0 Å². The van der Waals surface area contributed by atoms with Crippen LogP contribution in [0.5, 0.6) is 0 Å². The van der Waals surface area contributed by atoms with Crippen molar-refractivity contribution in [3.63, 3.8) is 0 Å². The molecule has 0 aliphatic carbocycles. The van der Waals surface area contributed by atoms with E-state index in [0.29, 0.717) is 0 Å². The molecule has 0 saturated carbocycles. The molecule has 0 spiro atoms. The van der Waals surface area contributed by atoms with Gasteiger partial charge in [0.25, 0.3) is 0 Å². The molecule has 0 bridgehead atoms. The molecule has 0 aromatic carbocycles. The summed E-state index contributed by atoms with van der Waals surface area (Å²) in [6.45, 7) is 8.92. The summed E-state index contributed by atoms with van der Waals surface area (Å²) in [6, 6.07) is -1.01. The molecule has 1 amide bonds. The number of hydrogen-bond donors (Lipinski definition) is 2. The second-order valence-electron chi connectivity index (χ2n) is 5.57. The van der Waals surface area contributed by atoms with Crippen LogP contribution in [0.3, 0.4) is 0 Å². The van der Waals surface area contributed by atoms with Crippen molar-refractivity contribution in [1.82, 2.24) is 5.32 Å². The molecule has 0 aromatic heterocycles. The fraction of sp³-hybridized carbons (Fsp3) is 0.750. The maximum Gasteiger partial charge on any atom is 0.408 e. The zero-order valence-corrected chi connectivity index (χ0v) is 13.5. The summed E-state index contributed by atoms with van der Waals surface area (Å²) in [4.78, 5) is 22.6. The van der Waals surface area contributed by atoms with Gasteiger partial charge in [0, 0.05) is 10.5 Å². The molecule has 0 saturated heterocycles. The average Bonchev–Trinajstić information content (AvgIpc) is 2.21. The van der Waals surface area contributed by atoms with E-state index in [1.807, 2.05) is 13.8 Å². The number of carbonyl (C=O) groups is 2. The highest BCUT2D eigenvalue weighted by Gasteiger charge is 2.26. The highest BCUT2D eigenvalue weighted by molar-refractivity contribution is 8.02. The Morgan fingerprint density at radius 3 is 2.26 bits per heavy atom.